The number of rotatable bonds is 3. The maximum absolute atomic E-state index is 12.2. The largest absolute Gasteiger partial charge is 0.384 e. The monoisotopic (exact) mass is 280 g/mol. The normalized spacial score (nSPS) is 9.62. The Balaban J connectivity index is 2.11. The molecule has 4 nitrogen and oxygen atoms in total. The molecule has 1 aromatic heterocycles. The summed E-state index contributed by atoms with van der Waals surface area (Å²) < 4.78 is 0. The number of hydrogen-bond acceptors (Lipinski definition) is 3. The molecule has 0 aliphatic heterocycles. The third kappa shape index (κ3) is 4.16. The third-order valence-corrected chi connectivity index (χ3v) is 2.95. The number of aryl methyl sites for hydroxylation is 1. The second-order valence-electron chi connectivity index (χ2n) is 4.49. The van der Waals surface area contributed by atoms with Crippen molar-refractivity contribution in [2.75, 3.05) is 6.61 Å². The highest BCUT2D eigenvalue weighted by Gasteiger charge is 2.09. The molecular formula is C17H16N2O2. The number of hydrogen-bond donors (Lipinski definition) is 2. The first-order valence-electron chi connectivity index (χ1n) is 6.59. The number of nitrogens with zero attached hydrogens (tertiary/aromatic N) is 1. The average Bonchev–Trinajstić information content (AvgIpc) is 2.53. The van der Waals surface area contributed by atoms with E-state index in [1.54, 1.807) is 12.3 Å². The lowest BCUT2D eigenvalue weighted by Gasteiger charge is -2.08. The predicted octanol–water partition coefficient (Wildman–Crippen LogP) is 1.66. The van der Waals surface area contributed by atoms with Crippen molar-refractivity contribution in [3.05, 3.63) is 65.0 Å². The number of aliphatic hydroxyl groups is 1. The molecule has 4 heteroatoms. The minimum absolute atomic E-state index is 0.161. The summed E-state index contributed by atoms with van der Waals surface area (Å²) in [6.45, 7) is 2.06. The van der Waals surface area contributed by atoms with Crippen molar-refractivity contribution >= 4 is 5.91 Å². The van der Waals surface area contributed by atoms with Gasteiger partial charge in [0.05, 0.1) is 12.2 Å². The minimum atomic E-state index is -0.199. The van der Waals surface area contributed by atoms with E-state index in [9.17, 15) is 4.79 Å². The predicted molar refractivity (Wildman–Crippen MR) is 80.6 cm³/mol. The Hall–Kier alpha value is -2.64. The molecule has 0 bridgehead atoms. The van der Waals surface area contributed by atoms with E-state index in [-0.39, 0.29) is 12.5 Å². The first-order chi connectivity index (χ1) is 10.2. The number of nitrogens with one attached hydrogen (secondary N) is 1. The van der Waals surface area contributed by atoms with Crippen molar-refractivity contribution in [2.45, 2.75) is 13.5 Å². The lowest BCUT2D eigenvalue weighted by atomic mass is 10.0. The highest BCUT2D eigenvalue weighted by molar-refractivity contribution is 5.95. The Kier molecular flexibility index (Phi) is 5.08. The quantitative estimate of drug-likeness (QED) is 0.841. The number of carbonyl (C=O) groups is 1. The molecule has 2 rings (SSSR count). The highest BCUT2D eigenvalue weighted by Crippen LogP contribution is 2.11. The topological polar surface area (TPSA) is 62.2 Å². The van der Waals surface area contributed by atoms with Gasteiger partial charge in [0.1, 0.15) is 6.61 Å². The molecule has 1 aromatic carbocycles. The molecule has 0 radical (unpaired) electrons. The number of amides is 1. The molecule has 2 aromatic rings. The van der Waals surface area contributed by atoms with Crippen LogP contribution in [0.5, 0.6) is 0 Å². The van der Waals surface area contributed by atoms with E-state index in [4.69, 9.17) is 5.11 Å². The number of carbonyl (C=O) groups excluding carboxylic acids is 1. The fourth-order valence-electron chi connectivity index (χ4n) is 1.85. The summed E-state index contributed by atoms with van der Waals surface area (Å²) >= 11 is 0. The first kappa shape index (κ1) is 14.8. The molecule has 0 saturated carbocycles. The second kappa shape index (κ2) is 7.22. The molecule has 0 atom stereocenters. The van der Waals surface area contributed by atoms with Crippen LogP contribution in [0.3, 0.4) is 0 Å². The Morgan fingerprint density at radius 3 is 2.90 bits per heavy atom. The molecule has 0 aliphatic rings. The zero-order chi connectivity index (χ0) is 15.1. The molecular weight excluding hydrogens is 264 g/mol. The van der Waals surface area contributed by atoms with Crippen LogP contribution in [0.25, 0.3) is 0 Å². The Morgan fingerprint density at radius 2 is 2.19 bits per heavy atom. The number of aliphatic hydroxyl groups excluding tert-OH is 1. The summed E-state index contributed by atoms with van der Waals surface area (Å²) in [4.78, 5) is 16.4. The van der Waals surface area contributed by atoms with Gasteiger partial charge < -0.3 is 10.4 Å². The van der Waals surface area contributed by atoms with Gasteiger partial charge in [-0.2, -0.15) is 0 Å². The summed E-state index contributed by atoms with van der Waals surface area (Å²) in [6.07, 6.45) is 1.69. The molecule has 1 amide bonds. The zero-order valence-corrected chi connectivity index (χ0v) is 11.8. The van der Waals surface area contributed by atoms with Crippen LogP contribution in [-0.2, 0) is 6.54 Å². The SMILES string of the molecule is Cc1ccc(C#CCO)cc1C(=O)NCc1ccccn1. The summed E-state index contributed by atoms with van der Waals surface area (Å²) in [5.41, 5.74) is 2.97. The van der Waals surface area contributed by atoms with Gasteiger partial charge in [-0.25, -0.2) is 0 Å². The summed E-state index contributed by atoms with van der Waals surface area (Å²) in [5, 5.41) is 11.6. The molecule has 21 heavy (non-hydrogen) atoms. The van der Waals surface area contributed by atoms with E-state index < -0.39 is 0 Å². The van der Waals surface area contributed by atoms with Crippen LogP contribution in [0, 0.1) is 18.8 Å². The van der Waals surface area contributed by atoms with Gasteiger partial charge in [0.25, 0.3) is 5.91 Å². The maximum atomic E-state index is 12.2. The van der Waals surface area contributed by atoms with Gasteiger partial charge in [0, 0.05) is 17.3 Å². The Morgan fingerprint density at radius 1 is 1.33 bits per heavy atom. The standard InChI is InChI=1S/C17H16N2O2/c1-13-7-8-14(5-4-10-20)11-16(13)17(21)19-12-15-6-2-3-9-18-15/h2-3,6-9,11,20H,10,12H2,1H3,(H,19,21). The molecule has 0 spiro atoms. The van der Waals surface area contributed by atoms with Crippen molar-refractivity contribution in [1.29, 1.82) is 0 Å². The van der Waals surface area contributed by atoms with Gasteiger partial charge in [0.15, 0.2) is 0 Å². The fourth-order valence-corrected chi connectivity index (χ4v) is 1.85. The molecule has 2 N–H and O–H groups in total. The average molecular weight is 280 g/mol. The minimum Gasteiger partial charge on any atom is -0.384 e. The smallest absolute Gasteiger partial charge is 0.251 e. The van der Waals surface area contributed by atoms with Crippen LogP contribution < -0.4 is 5.32 Å². The summed E-state index contributed by atoms with van der Waals surface area (Å²) in [6, 6.07) is 11.0. The van der Waals surface area contributed by atoms with Crippen LogP contribution in [0.1, 0.15) is 27.2 Å². The van der Waals surface area contributed by atoms with Gasteiger partial charge in [-0.3, -0.25) is 9.78 Å². The van der Waals surface area contributed by atoms with Gasteiger partial charge >= 0.3 is 0 Å². The lowest BCUT2D eigenvalue weighted by molar-refractivity contribution is 0.0950. The van der Waals surface area contributed by atoms with Gasteiger partial charge in [-0.1, -0.05) is 24.0 Å². The lowest BCUT2D eigenvalue weighted by Crippen LogP contribution is -2.24. The summed E-state index contributed by atoms with van der Waals surface area (Å²) in [5.74, 6) is 5.21. The Labute approximate surface area is 123 Å². The van der Waals surface area contributed by atoms with Crippen LogP contribution >= 0.6 is 0 Å². The van der Waals surface area contributed by atoms with Gasteiger partial charge in [0.2, 0.25) is 0 Å². The number of benzene rings is 1. The second-order valence-corrected chi connectivity index (χ2v) is 4.49. The van der Waals surface area contributed by atoms with Crippen molar-refractivity contribution < 1.29 is 9.90 Å². The van der Waals surface area contributed by atoms with Crippen molar-refractivity contribution in [3.8, 4) is 11.8 Å². The third-order valence-electron chi connectivity index (χ3n) is 2.95. The van der Waals surface area contributed by atoms with Crippen LogP contribution in [0.4, 0.5) is 0 Å². The molecule has 0 unspecified atom stereocenters. The molecule has 0 fully saturated rings. The van der Waals surface area contributed by atoms with E-state index >= 15 is 0 Å². The van der Waals surface area contributed by atoms with Crippen molar-refractivity contribution in [2.24, 2.45) is 0 Å². The number of pyridine rings is 1. The van der Waals surface area contributed by atoms with E-state index in [0.717, 1.165) is 11.3 Å². The van der Waals surface area contributed by atoms with Crippen molar-refractivity contribution in [1.82, 2.24) is 10.3 Å². The summed E-state index contributed by atoms with van der Waals surface area (Å²) in [7, 11) is 0. The first-order valence-corrected chi connectivity index (χ1v) is 6.59. The van der Waals surface area contributed by atoms with Crippen molar-refractivity contribution in [3.63, 3.8) is 0 Å². The van der Waals surface area contributed by atoms with Gasteiger partial charge in [-0.05, 0) is 36.8 Å². The molecule has 0 aliphatic carbocycles. The van der Waals surface area contributed by atoms with Crippen LogP contribution in [0.15, 0.2) is 42.6 Å². The highest BCUT2D eigenvalue weighted by atomic mass is 16.2. The molecule has 106 valence electrons. The molecule has 1 heterocycles. The zero-order valence-electron chi connectivity index (χ0n) is 11.8. The van der Waals surface area contributed by atoms with E-state index in [2.05, 4.69) is 22.1 Å². The number of aromatic nitrogens is 1. The van der Waals surface area contributed by atoms with Crippen LogP contribution in [-0.4, -0.2) is 22.6 Å². The molecule has 0 saturated heterocycles. The van der Waals surface area contributed by atoms with Crippen LogP contribution in [0.2, 0.25) is 0 Å². The van der Waals surface area contributed by atoms with E-state index in [1.807, 2.05) is 37.3 Å². The Bertz CT molecular complexity index is 685. The van der Waals surface area contributed by atoms with E-state index in [0.29, 0.717) is 17.7 Å². The maximum Gasteiger partial charge on any atom is 0.251 e. The fraction of sp³-hybridized carbons (Fsp3) is 0.176. The van der Waals surface area contributed by atoms with Gasteiger partial charge in [-0.15, -0.1) is 0 Å². The van der Waals surface area contributed by atoms with E-state index in [1.165, 1.54) is 0 Å².